The van der Waals surface area contributed by atoms with Crippen LogP contribution >= 0.6 is 0 Å². The van der Waals surface area contributed by atoms with Gasteiger partial charge in [0.05, 0.1) is 13.1 Å². The molecule has 0 aromatic heterocycles. The molecule has 7 heteroatoms. The minimum atomic E-state index is 0.0190. The number of hydrogen-bond acceptors (Lipinski definition) is 4. The van der Waals surface area contributed by atoms with Crippen LogP contribution in [0.2, 0.25) is 0 Å². The lowest BCUT2D eigenvalue weighted by molar-refractivity contribution is -0.139. The highest BCUT2D eigenvalue weighted by molar-refractivity contribution is 5.87. The topological polar surface area (TPSA) is 64.2 Å². The van der Waals surface area contributed by atoms with Gasteiger partial charge in [-0.15, -0.1) is 0 Å². The van der Waals surface area contributed by atoms with Crippen LogP contribution in [0.1, 0.15) is 37.7 Å². The minimum Gasteiger partial charge on any atom is -0.353 e. The summed E-state index contributed by atoms with van der Waals surface area (Å²) in [5.74, 6) is 0.582. The predicted molar refractivity (Wildman–Crippen MR) is 120 cm³/mol. The zero-order valence-corrected chi connectivity index (χ0v) is 18.6. The largest absolute Gasteiger partial charge is 0.353 e. The summed E-state index contributed by atoms with van der Waals surface area (Å²) < 4.78 is 0. The summed E-state index contributed by atoms with van der Waals surface area (Å²) in [6.45, 7) is 6.40. The van der Waals surface area contributed by atoms with Crippen LogP contribution in [0.4, 0.5) is 5.69 Å². The van der Waals surface area contributed by atoms with Crippen molar-refractivity contribution in [3.05, 3.63) is 29.8 Å². The maximum atomic E-state index is 13.1. The Morgan fingerprint density at radius 3 is 1.84 bits per heavy atom. The first kappa shape index (κ1) is 21.7. The summed E-state index contributed by atoms with van der Waals surface area (Å²) in [5.41, 5.74) is 2.04. The van der Waals surface area contributed by atoms with Crippen LogP contribution < -0.4 is 4.90 Å². The smallest absolute Gasteiger partial charge is 0.242 e. The van der Waals surface area contributed by atoms with Crippen molar-refractivity contribution in [3.63, 3.8) is 0 Å². The van der Waals surface area contributed by atoms with Gasteiger partial charge in [0.25, 0.3) is 0 Å². The van der Waals surface area contributed by atoms with Crippen LogP contribution in [0.15, 0.2) is 24.3 Å². The Hall–Kier alpha value is -2.57. The van der Waals surface area contributed by atoms with E-state index in [1.165, 1.54) is 6.42 Å². The fourth-order valence-corrected chi connectivity index (χ4v) is 4.43. The lowest BCUT2D eigenvalue weighted by Gasteiger charge is -2.36. The number of carbonyl (C=O) groups excluding carboxylic acids is 3. The van der Waals surface area contributed by atoms with E-state index in [1.54, 1.807) is 0 Å². The second-order valence-corrected chi connectivity index (χ2v) is 9.11. The fraction of sp³-hybridized carbons (Fsp3) is 0.625. The molecular formula is C24H34N4O3. The van der Waals surface area contributed by atoms with E-state index in [-0.39, 0.29) is 36.7 Å². The molecule has 0 spiro atoms. The van der Waals surface area contributed by atoms with Crippen molar-refractivity contribution < 1.29 is 14.4 Å². The van der Waals surface area contributed by atoms with Crippen molar-refractivity contribution in [1.29, 1.82) is 0 Å². The van der Waals surface area contributed by atoms with Gasteiger partial charge in [-0.05, 0) is 51.2 Å². The standard InChI is InChI=1S/C24H34N4O3/c1-19-5-9-21(10-6-19)28(17-22(29)25-11-3-2-4-12-25)18-23(30)26-13-15-27(16-14-26)24(31)20-7-8-20/h5-6,9-10,20H,2-4,7-8,11-18H2,1H3. The van der Waals surface area contributed by atoms with Gasteiger partial charge >= 0.3 is 0 Å². The molecule has 1 aromatic carbocycles. The third-order valence-corrected chi connectivity index (χ3v) is 6.63. The number of carbonyl (C=O) groups is 3. The number of nitrogens with zero attached hydrogens (tertiary/aromatic N) is 4. The van der Waals surface area contributed by atoms with Crippen LogP contribution in [0.5, 0.6) is 0 Å². The number of hydrogen-bond donors (Lipinski definition) is 0. The summed E-state index contributed by atoms with van der Waals surface area (Å²) in [6.07, 6.45) is 5.31. The van der Waals surface area contributed by atoms with Crippen LogP contribution in [0.3, 0.4) is 0 Å². The molecule has 2 aliphatic heterocycles. The molecule has 1 aliphatic carbocycles. The first-order chi connectivity index (χ1) is 15.0. The number of aryl methyl sites for hydroxylation is 1. The normalized spacial score (nSPS) is 19.3. The van der Waals surface area contributed by atoms with Gasteiger partial charge in [-0.3, -0.25) is 14.4 Å². The zero-order valence-electron chi connectivity index (χ0n) is 18.6. The second kappa shape index (κ2) is 9.71. The van der Waals surface area contributed by atoms with Gasteiger partial charge in [0, 0.05) is 50.9 Å². The van der Waals surface area contributed by atoms with Crippen molar-refractivity contribution in [2.45, 2.75) is 39.0 Å². The molecule has 0 radical (unpaired) electrons. The molecule has 7 nitrogen and oxygen atoms in total. The SMILES string of the molecule is Cc1ccc(N(CC(=O)N2CCCCC2)CC(=O)N2CCN(C(=O)C3CC3)CC2)cc1. The van der Waals surface area contributed by atoms with E-state index in [2.05, 4.69) is 0 Å². The van der Waals surface area contributed by atoms with E-state index in [1.807, 2.05) is 50.8 Å². The first-order valence-electron chi connectivity index (χ1n) is 11.7. The fourth-order valence-electron chi connectivity index (χ4n) is 4.43. The summed E-state index contributed by atoms with van der Waals surface area (Å²) in [6, 6.07) is 8.00. The highest BCUT2D eigenvalue weighted by Crippen LogP contribution is 2.31. The Morgan fingerprint density at radius 1 is 0.774 bits per heavy atom. The molecule has 1 saturated carbocycles. The van der Waals surface area contributed by atoms with Gasteiger partial charge in [-0.25, -0.2) is 0 Å². The Balaban J connectivity index is 1.37. The van der Waals surface area contributed by atoms with Crippen LogP contribution in [-0.4, -0.2) is 84.8 Å². The lowest BCUT2D eigenvalue weighted by atomic mass is 10.1. The highest BCUT2D eigenvalue weighted by Gasteiger charge is 2.35. The molecule has 0 N–H and O–H groups in total. The lowest BCUT2D eigenvalue weighted by Crippen LogP contribution is -2.53. The van der Waals surface area contributed by atoms with Crippen molar-refractivity contribution in [3.8, 4) is 0 Å². The summed E-state index contributed by atoms with van der Waals surface area (Å²) in [5, 5.41) is 0. The molecule has 2 heterocycles. The van der Waals surface area contributed by atoms with Crippen molar-refractivity contribution in [2.75, 3.05) is 57.3 Å². The van der Waals surface area contributed by atoms with Crippen molar-refractivity contribution in [1.82, 2.24) is 14.7 Å². The monoisotopic (exact) mass is 426 g/mol. The molecule has 4 rings (SSSR count). The van der Waals surface area contributed by atoms with Crippen LogP contribution in [0.25, 0.3) is 0 Å². The Morgan fingerprint density at radius 2 is 1.29 bits per heavy atom. The van der Waals surface area contributed by atoms with E-state index in [0.717, 1.165) is 50.0 Å². The summed E-state index contributed by atoms with van der Waals surface area (Å²) in [4.78, 5) is 45.8. The predicted octanol–water partition coefficient (Wildman–Crippen LogP) is 1.89. The number of amides is 3. The molecule has 2 saturated heterocycles. The summed E-state index contributed by atoms with van der Waals surface area (Å²) >= 11 is 0. The van der Waals surface area contributed by atoms with Gasteiger partial charge in [0.2, 0.25) is 17.7 Å². The van der Waals surface area contributed by atoms with E-state index in [4.69, 9.17) is 0 Å². The molecule has 3 aliphatic rings. The second-order valence-electron chi connectivity index (χ2n) is 9.11. The number of anilines is 1. The van der Waals surface area contributed by atoms with Gasteiger partial charge in [0.1, 0.15) is 0 Å². The van der Waals surface area contributed by atoms with Crippen LogP contribution in [0, 0.1) is 12.8 Å². The molecule has 0 atom stereocenters. The third-order valence-electron chi connectivity index (χ3n) is 6.63. The Kier molecular flexibility index (Phi) is 6.78. The average Bonchev–Trinajstić information content (AvgIpc) is 3.65. The Bertz CT molecular complexity index is 792. The van der Waals surface area contributed by atoms with E-state index in [9.17, 15) is 14.4 Å². The molecule has 0 bridgehead atoms. The van der Waals surface area contributed by atoms with Gasteiger partial charge < -0.3 is 19.6 Å². The van der Waals surface area contributed by atoms with Gasteiger partial charge in [-0.2, -0.15) is 0 Å². The third kappa shape index (κ3) is 5.57. The molecule has 1 aromatic rings. The number of rotatable bonds is 6. The van der Waals surface area contributed by atoms with Crippen molar-refractivity contribution >= 4 is 23.4 Å². The maximum Gasteiger partial charge on any atom is 0.242 e. The number of likely N-dealkylation sites (tertiary alicyclic amines) is 1. The molecular weight excluding hydrogens is 392 g/mol. The quantitative estimate of drug-likeness (QED) is 0.697. The minimum absolute atomic E-state index is 0.0190. The van der Waals surface area contributed by atoms with Crippen molar-refractivity contribution in [2.24, 2.45) is 5.92 Å². The molecule has 168 valence electrons. The van der Waals surface area contributed by atoms with Crippen LogP contribution in [-0.2, 0) is 14.4 Å². The first-order valence-corrected chi connectivity index (χ1v) is 11.7. The van der Waals surface area contributed by atoms with Gasteiger partial charge in [0.15, 0.2) is 0 Å². The molecule has 3 fully saturated rings. The number of piperidine rings is 1. The average molecular weight is 427 g/mol. The van der Waals surface area contributed by atoms with E-state index in [0.29, 0.717) is 26.2 Å². The molecule has 0 unspecified atom stereocenters. The molecule has 31 heavy (non-hydrogen) atoms. The van der Waals surface area contributed by atoms with E-state index < -0.39 is 0 Å². The highest BCUT2D eigenvalue weighted by atomic mass is 16.2. The summed E-state index contributed by atoms with van der Waals surface area (Å²) in [7, 11) is 0. The zero-order chi connectivity index (χ0) is 21.8. The Labute approximate surface area is 185 Å². The number of benzene rings is 1. The van der Waals surface area contributed by atoms with E-state index >= 15 is 0 Å². The number of piperazine rings is 1. The maximum absolute atomic E-state index is 13.1. The van der Waals surface area contributed by atoms with Gasteiger partial charge in [-0.1, -0.05) is 17.7 Å². The molecule has 3 amide bonds.